The molecule has 0 spiro atoms. The first kappa shape index (κ1) is 20.4. The normalized spacial score (nSPS) is 16.5. The number of hydrogen-bond acceptors (Lipinski definition) is 4. The molecule has 0 radical (unpaired) electrons. The zero-order chi connectivity index (χ0) is 20.8. The van der Waals surface area contributed by atoms with Crippen molar-refractivity contribution in [3.05, 3.63) is 60.2 Å². The van der Waals surface area contributed by atoms with Crippen molar-refractivity contribution in [2.45, 2.75) is 38.3 Å². The lowest BCUT2D eigenvalue weighted by Crippen LogP contribution is -2.50. The van der Waals surface area contributed by atoms with Crippen LogP contribution < -0.4 is 15.0 Å². The lowest BCUT2D eigenvalue weighted by Gasteiger charge is -2.32. The molecule has 1 aliphatic rings. The van der Waals surface area contributed by atoms with Gasteiger partial charge in [0.25, 0.3) is 5.91 Å². The van der Waals surface area contributed by atoms with Gasteiger partial charge >= 0.3 is 5.97 Å². The summed E-state index contributed by atoms with van der Waals surface area (Å²) in [6.07, 6.45) is 0.0998. The van der Waals surface area contributed by atoms with Crippen LogP contribution in [0.15, 0.2) is 54.6 Å². The van der Waals surface area contributed by atoms with Gasteiger partial charge in [-0.3, -0.25) is 19.3 Å². The van der Waals surface area contributed by atoms with Gasteiger partial charge in [0.05, 0.1) is 5.69 Å². The van der Waals surface area contributed by atoms with Crippen LogP contribution in [0.25, 0.3) is 0 Å². The highest BCUT2D eigenvalue weighted by atomic mass is 16.5. The van der Waals surface area contributed by atoms with Gasteiger partial charge in [0.2, 0.25) is 5.91 Å². The third kappa shape index (κ3) is 5.34. The van der Waals surface area contributed by atoms with Crippen LogP contribution in [0, 0.1) is 0 Å². The molecule has 1 heterocycles. The molecule has 29 heavy (non-hydrogen) atoms. The first-order chi connectivity index (χ1) is 13.9. The summed E-state index contributed by atoms with van der Waals surface area (Å²) in [5.41, 5.74) is 1.56. The summed E-state index contributed by atoms with van der Waals surface area (Å²) < 4.78 is 5.59. The van der Waals surface area contributed by atoms with Crippen LogP contribution >= 0.6 is 0 Å². The number of aliphatic carboxylic acids is 1. The maximum absolute atomic E-state index is 12.7. The Morgan fingerprint density at radius 3 is 2.55 bits per heavy atom. The predicted octanol–water partition coefficient (Wildman–Crippen LogP) is 2.39. The largest absolute Gasteiger partial charge is 0.481 e. The molecule has 2 unspecified atom stereocenters. The van der Waals surface area contributed by atoms with Crippen molar-refractivity contribution in [3.8, 4) is 5.75 Å². The van der Waals surface area contributed by atoms with Crippen LogP contribution in [0.2, 0.25) is 0 Å². The SMILES string of the molecule is CC1Oc2ccccc2N(CC(=O)NC(CCC(=O)O)Cc2ccccc2)C1=O. The Morgan fingerprint density at radius 1 is 1.14 bits per heavy atom. The van der Waals surface area contributed by atoms with Crippen LogP contribution in [0.4, 0.5) is 5.69 Å². The summed E-state index contributed by atoms with van der Waals surface area (Å²) in [6.45, 7) is 1.50. The fourth-order valence-corrected chi connectivity index (χ4v) is 3.36. The average molecular weight is 396 g/mol. The average Bonchev–Trinajstić information content (AvgIpc) is 2.70. The molecule has 0 saturated carbocycles. The van der Waals surface area contributed by atoms with Crippen molar-refractivity contribution < 1.29 is 24.2 Å². The van der Waals surface area contributed by atoms with E-state index in [2.05, 4.69) is 5.32 Å². The Morgan fingerprint density at radius 2 is 1.83 bits per heavy atom. The van der Waals surface area contributed by atoms with Gasteiger partial charge in [-0.1, -0.05) is 42.5 Å². The summed E-state index contributed by atoms with van der Waals surface area (Å²) in [4.78, 5) is 37.7. The van der Waals surface area contributed by atoms with Gasteiger partial charge in [-0.05, 0) is 37.5 Å². The minimum Gasteiger partial charge on any atom is -0.481 e. The van der Waals surface area contributed by atoms with E-state index >= 15 is 0 Å². The van der Waals surface area contributed by atoms with Gasteiger partial charge in [-0.25, -0.2) is 0 Å². The number of hydrogen-bond donors (Lipinski definition) is 2. The molecule has 0 bridgehead atoms. The number of fused-ring (bicyclic) bond motifs is 1. The molecule has 0 aromatic heterocycles. The quantitative estimate of drug-likeness (QED) is 0.714. The molecule has 7 heteroatoms. The van der Waals surface area contributed by atoms with E-state index in [1.807, 2.05) is 30.3 Å². The van der Waals surface area contributed by atoms with Crippen LogP contribution in [0.1, 0.15) is 25.3 Å². The number of anilines is 1. The lowest BCUT2D eigenvalue weighted by atomic mass is 10.0. The fraction of sp³-hybridized carbons (Fsp3) is 0.318. The number of carbonyl (C=O) groups excluding carboxylic acids is 2. The number of carbonyl (C=O) groups is 3. The van der Waals surface area contributed by atoms with Crippen LogP contribution in [-0.4, -0.2) is 41.6 Å². The standard InChI is InChI=1S/C22H24N2O5/c1-15-22(28)24(18-9-5-6-10-19(18)29-15)14-20(25)23-17(11-12-21(26)27)13-16-7-3-2-4-8-16/h2-10,15,17H,11-14H2,1H3,(H,23,25)(H,26,27). The van der Waals surface area contributed by atoms with Gasteiger partial charge in [-0.15, -0.1) is 0 Å². The van der Waals surface area contributed by atoms with E-state index in [4.69, 9.17) is 9.84 Å². The summed E-state index contributed by atoms with van der Waals surface area (Å²) in [5, 5.41) is 11.9. The number of rotatable bonds is 8. The molecule has 0 aliphatic carbocycles. The second kappa shape index (κ2) is 9.23. The number of amides is 2. The highest BCUT2D eigenvalue weighted by Crippen LogP contribution is 2.33. The summed E-state index contributed by atoms with van der Waals surface area (Å²) >= 11 is 0. The van der Waals surface area contributed by atoms with E-state index in [0.29, 0.717) is 24.3 Å². The molecule has 152 valence electrons. The molecule has 2 aromatic rings. The van der Waals surface area contributed by atoms with E-state index in [0.717, 1.165) is 5.56 Å². The molecule has 1 aliphatic heterocycles. The number of nitrogens with zero attached hydrogens (tertiary/aromatic N) is 1. The van der Waals surface area contributed by atoms with E-state index < -0.39 is 12.1 Å². The highest BCUT2D eigenvalue weighted by Gasteiger charge is 2.32. The third-order valence-corrected chi connectivity index (χ3v) is 4.77. The van der Waals surface area contributed by atoms with E-state index in [9.17, 15) is 14.4 Å². The Labute approximate surface area is 169 Å². The second-order valence-electron chi connectivity index (χ2n) is 7.04. The molecule has 3 rings (SSSR count). The summed E-state index contributed by atoms with van der Waals surface area (Å²) in [7, 11) is 0. The van der Waals surface area contributed by atoms with Crippen LogP contribution in [0.3, 0.4) is 0 Å². The topological polar surface area (TPSA) is 95.9 Å². The van der Waals surface area contributed by atoms with Crippen molar-refractivity contribution in [2.75, 3.05) is 11.4 Å². The molecule has 0 saturated heterocycles. The maximum Gasteiger partial charge on any atom is 0.303 e. The predicted molar refractivity (Wildman–Crippen MR) is 108 cm³/mol. The molecular weight excluding hydrogens is 372 g/mol. The van der Waals surface area contributed by atoms with Crippen molar-refractivity contribution >= 4 is 23.5 Å². The fourth-order valence-electron chi connectivity index (χ4n) is 3.36. The summed E-state index contributed by atoms with van der Waals surface area (Å²) in [6, 6.07) is 16.3. The third-order valence-electron chi connectivity index (χ3n) is 4.77. The second-order valence-corrected chi connectivity index (χ2v) is 7.04. The number of benzene rings is 2. The molecular formula is C22H24N2O5. The first-order valence-corrected chi connectivity index (χ1v) is 9.56. The zero-order valence-corrected chi connectivity index (χ0v) is 16.2. The van der Waals surface area contributed by atoms with Crippen molar-refractivity contribution in [2.24, 2.45) is 0 Å². The van der Waals surface area contributed by atoms with Crippen LogP contribution in [0.5, 0.6) is 5.75 Å². The number of carboxylic acid groups (broad SMARTS) is 1. The molecule has 0 fully saturated rings. The minimum atomic E-state index is -0.914. The number of nitrogens with one attached hydrogen (secondary N) is 1. The molecule has 2 N–H and O–H groups in total. The van der Waals surface area contributed by atoms with E-state index in [-0.39, 0.29) is 30.8 Å². The smallest absolute Gasteiger partial charge is 0.303 e. The van der Waals surface area contributed by atoms with Gasteiger partial charge in [0, 0.05) is 12.5 Å². The van der Waals surface area contributed by atoms with E-state index in [1.165, 1.54) is 4.90 Å². The van der Waals surface area contributed by atoms with Crippen molar-refractivity contribution in [1.29, 1.82) is 0 Å². The minimum absolute atomic E-state index is 0.0475. The Kier molecular flexibility index (Phi) is 6.49. The highest BCUT2D eigenvalue weighted by molar-refractivity contribution is 6.03. The van der Waals surface area contributed by atoms with Crippen LogP contribution in [-0.2, 0) is 20.8 Å². The van der Waals surface area contributed by atoms with Gasteiger partial charge in [0.1, 0.15) is 12.3 Å². The number of ether oxygens (including phenoxy) is 1. The van der Waals surface area contributed by atoms with Gasteiger partial charge in [-0.2, -0.15) is 0 Å². The molecule has 2 atom stereocenters. The zero-order valence-electron chi connectivity index (χ0n) is 16.2. The Bertz CT molecular complexity index is 884. The van der Waals surface area contributed by atoms with Crippen molar-refractivity contribution in [3.63, 3.8) is 0 Å². The molecule has 7 nitrogen and oxygen atoms in total. The summed E-state index contributed by atoms with van der Waals surface area (Å²) in [5.74, 6) is -0.986. The van der Waals surface area contributed by atoms with Gasteiger partial charge in [0.15, 0.2) is 6.10 Å². The van der Waals surface area contributed by atoms with Gasteiger partial charge < -0.3 is 15.2 Å². The Balaban J connectivity index is 1.70. The molecule has 2 amide bonds. The monoisotopic (exact) mass is 396 g/mol. The maximum atomic E-state index is 12.7. The number of para-hydroxylation sites is 2. The lowest BCUT2D eigenvalue weighted by molar-refractivity contribution is -0.137. The molecule has 2 aromatic carbocycles. The Hall–Kier alpha value is -3.35. The van der Waals surface area contributed by atoms with E-state index in [1.54, 1.807) is 31.2 Å². The number of carboxylic acids is 1. The first-order valence-electron chi connectivity index (χ1n) is 9.56. The van der Waals surface area contributed by atoms with Crippen molar-refractivity contribution in [1.82, 2.24) is 5.32 Å².